The molecule has 0 aromatic heterocycles. The van der Waals surface area contributed by atoms with E-state index in [4.69, 9.17) is 0 Å². The quantitative estimate of drug-likeness (QED) is 0.0901. The average Bonchev–Trinajstić information content (AvgIpc) is 2.95. The fraction of sp³-hybridized carbons (Fsp3) is 0.111. The van der Waals surface area contributed by atoms with Gasteiger partial charge < -0.3 is 9.47 Å². The summed E-state index contributed by atoms with van der Waals surface area (Å²) in [5.74, 6) is -25.9. The second-order valence-electron chi connectivity index (χ2n) is 8.31. The summed E-state index contributed by atoms with van der Waals surface area (Å²) in [6.07, 6.45) is 0. The number of carbonyl (C=O) groups excluding carboxylic acids is 2. The summed E-state index contributed by atoms with van der Waals surface area (Å²) in [6, 6.07) is 2.83. The number of carbonyl (C=O) groups is 2. The predicted octanol–water partition coefficient (Wildman–Crippen LogP) is 7.38. The number of rotatable bonds is 8. The molecule has 0 fully saturated rings. The van der Waals surface area contributed by atoms with Crippen LogP contribution in [0, 0.1) is 58.2 Å². The molecule has 3 aromatic carbocycles. The monoisotopic (exact) mass is 592 g/mol. The van der Waals surface area contributed by atoms with Crippen LogP contribution in [0.2, 0.25) is 0 Å². The van der Waals surface area contributed by atoms with Crippen molar-refractivity contribution in [2.24, 2.45) is 0 Å². The van der Waals surface area contributed by atoms with E-state index in [1.165, 1.54) is 6.92 Å². The molecule has 0 amide bonds. The zero-order valence-corrected chi connectivity index (χ0v) is 20.5. The molecule has 41 heavy (non-hydrogen) atoms. The first-order valence-electron chi connectivity index (χ1n) is 10.9. The van der Waals surface area contributed by atoms with Crippen LogP contribution < -0.4 is 0 Å². The Morgan fingerprint density at radius 2 is 0.805 bits per heavy atom. The maximum atomic E-state index is 13.9. The highest BCUT2D eigenvalue weighted by Crippen LogP contribution is 2.27. The number of halogens is 10. The molecular weight excluding hydrogens is 578 g/mol. The van der Waals surface area contributed by atoms with Gasteiger partial charge in [0.15, 0.2) is 46.5 Å². The van der Waals surface area contributed by atoms with E-state index in [1.807, 2.05) is 0 Å². The third-order valence-corrected chi connectivity index (χ3v) is 5.56. The van der Waals surface area contributed by atoms with Crippen LogP contribution in [-0.4, -0.2) is 11.9 Å². The van der Waals surface area contributed by atoms with E-state index in [9.17, 15) is 53.5 Å². The molecule has 0 heterocycles. The molecule has 0 radical (unpaired) electrons. The lowest BCUT2D eigenvalue weighted by Gasteiger charge is -2.13. The Kier molecular flexibility index (Phi) is 8.94. The Bertz CT molecular complexity index is 1470. The SMILES string of the molecule is C=C(C)C(=C)c1cc(C(=O)OCc2c(F)c(F)c(F)c(F)c2F)cc(C(=O)OCc2c(F)c(F)c(F)c(F)c2F)c1. The van der Waals surface area contributed by atoms with E-state index < -0.39 is 106 Å². The molecule has 0 atom stereocenters. The van der Waals surface area contributed by atoms with Crippen molar-refractivity contribution in [3.05, 3.63) is 123 Å². The molecule has 0 N–H and O–H groups in total. The molecule has 0 aliphatic heterocycles. The third kappa shape index (κ3) is 5.95. The van der Waals surface area contributed by atoms with Crippen LogP contribution in [0.1, 0.15) is 44.3 Å². The summed E-state index contributed by atoms with van der Waals surface area (Å²) in [4.78, 5) is 25.2. The molecule has 0 saturated carbocycles. The topological polar surface area (TPSA) is 52.6 Å². The van der Waals surface area contributed by atoms with Crippen LogP contribution in [0.5, 0.6) is 0 Å². The maximum absolute atomic E-state index is 13.9. The molecule has 0 spiro atoms. The van der Waals surface area contributed by atoms with Gasteiger partial charge in [-0.3, -0.25) is 0 Å². The molecule has 0 aliphatic carbocycles. The van der Waals surface area contributed by atoms with Crippen LogP contribution in [0.3, 0.4) is 0 Å². The number of ether oxygens (including phenoxy) is 2. The number of hydrogen-bond acceptors (Lipinski definition) is 4. The first-order valence-corrected chi connectivity index (χ1v) is 10.9. The number of esters is 2. The summed E-state index contributed by atoms with van der Waals surface area (Å²) in [5.41, 5.74) is -3.65. The van der Waals surface area contributed by atoms with Crippen LogP contribution in [0.25, 0.3) is 5.57 Å². The summed E-state index contributed by atoms with van der Waals surface area (Å²) < 4.78 is 145. The van der Waals surface area contributed by atoms with Crippen molar-refractivity contribution in [1.82, 2.24) is 0 Å². The van der Waals surface area contributed by atoms with Crippen molar-refractivity contribution >= 4 is 17.5 Å². The summed E-state index contributed by atoms with van der Waals surface area (Å²) >= 11 is 0. The van der Waals surface area contributed by atoms with Gasteiger partial charge in [0.25, 0.3) is 0 Å². The van der Waals surface area contributed by atoms with Gasteiger partial charge in [-0.1, -0.05) is 18.7 Å². The standard InChI is InChI=1S/C27H14F10O4/c1-9(2)10(3)11-4-12(26(38)40-7-14-16(28)20(32)24(36)21(33)17(14)29)6-13(5-11)27(39)41-8-15-18(30)22(34)25(37)23(35)19(15)31/h4-6H,1,3,7-8H2,2H3. The highest BCUT2D eigenvalue weighted by Gasteiger charge is 2.28. The van der Waals surface area contributed by atoms with Crippen LogP contribution in [0.4, 0.5) is 43.9 Å². The van der Waals surface area contributed by atoms with Gasteiger partial charge in [0.05, 0.1) is 22.3 Å². The van der Waals surface area contributed by atoms with Gasteiger partial charge in [0.1, 0.15) is 13.2 Å². The van der Waals surface area contributed by atoms with Crippen molar-refractivity contribution in [2.75, 3.05) is 0 Å². The maximum Gasteiger partial charge on any atom is 0.338 e. The number of allylic oxidation sites excluding steroid dienone is 2. The molecule has 3 aromatic rings. The fourth-order valence-electron chi connectivity index (χ4n) is 3.28. The molecule has 14 heteroatoms. The number of benzene rings is 3. The largest absolute Gasteiger partial charge is 0.457 e. The van der Waals surface area contributed by atoms with Gasteiger partial charge in [-0.05, 0) is 36.3 Å². The Hall–Kier alpha value is -4.62. The summed E-state index contributed by atoms with van der Waals surface area (Å²) in [6.45, 7) is 5.89. The lowest BCUT2D eigenvalue weighted by molar-refractivity contribution is 0.0460. The van der Waals surface area contributed by atoms with E-state index in [0.717, 1.165) is 18.2 Å². The average molecular weight is 592 g/mol. The van der Waals surface area contributed by atoms with Gasteiger partial charge in [-0.2, -0.15) is 0 Å². The summed E-state index contributed by atoms with van der Waals surface area (Å²) in [7, 11) is 0. The van der Waals surface area contributed by atoms with E-state index in [0.29, 0.717) is 5.57 Å². The summed E-state index contributed by atoms with van der Waals surface area (Å²) in [5, 5.41) is 0. The molecule has 0 aliphatic rings. The van der Waals surface area contributed by atoms with E-state index in [-0.39, 0.29) is 11.1 Å². The van der Waals surface area contributed by atoms with E-state index in [1.54, 1.807) is 0 Å². The van der Waals surface area contributed by atoms with Crippen molar-refractivity contribution in [1.29, 1.82) is 0 Å². The smallest absolute Gasteiger partial charge is 0.338 e. The van der Waals surface area contributed by atoms with Gasteiger partial charge in [0, 0.05) is 0 Å². The predicted molar refractivity (Wildman–Crippen MR) is 121 cm³/mol. The lowest BCUT2D eigenvalue weighted by atomic mass is 9.97. The van der Waals surface area contributed by atoms with Crippen LogP contribution >= 0.6 is 0 Å². The van der Waals surface area contributed by atoms with Gasteiger partial charge in [-0.25, -0.2) is 53.5 Å². The fourth-order valence-corrected chi connectivity index (χ4v) is 3.28. The molecule has 3 rings (SSSR count). The van der Waals surface area contributed by atoms with Gasteiger partial charge in [-0.15, -0.1) is 0 Å². The zero-order chi connectivity index (χ0) is 30.9. The minimum Gasteiger partial charge on any atom is -0.457 e. The van der Waals surface area contributed by atoms with Crippen molar-refractivity contribution < 1.29 is 63.0 Å². The molecule has 0 unspecified atom stereocenters. The van der Waals surface area contributed by atoms with E-state index >= 15 is 0 Å². The Balaban J connectivity index is 1.93. The zero-order valence-electron chi connectivity index (χ0n) is 20.5. The van der Waals surface area contributed by atoms with Gasteiger partial charge >= 0.3 is 11.9 Å². The minimum atomic E-state index is -2.44. The second kappa shape index (κ2) is 11.9. The minimum absolute atomic E-state index is 0.00800. The molecule has 4 nitrogen and oxygen atoms in total. The third-order valence-electron chi connectivity index (χ3n) is 5.56. The first kappa shape index (κ1) is 30.9. The highest BCUT2D eigenvalue weighted by molar-refractivity contribution is 5.97. The second-order valence-corrected chi connectivity index (χ2v) is 8.31. The van der Waals surface area contributed by atoms with Crippen LogP contribution in [-0.2, 0) is 22.7 Å². The van der Waals surface area contributed by atoms with Crippen molar-refractivity contribution in [3.8, 4) is 0 Å². The Morgan fingerprint density at radius 3 is 1.10 bits per heavy atom. The Morgan fingerprint density at radius 1 is 0.537 bits per heavy atom. The molecule has 0 bridgehead atoms. The first-order chi connectivity index (χ1) is 19.1. The Labute approximate surface area is 224 Å². The van der Waals surface area contributed by atoms with Crippen LogP contribution in [0.15, 0.2) is 36.9 Å². The lowest BCUT2D eigenvalue weighted by Crippen LogP contribution is -2.14. The molecular formula is C27H14F10O4. The number of hydrogen-bond donors (Lipinski definition) is 0. The van der Waals surface area contributed by atoms with E-state index in [2.05, 4.69) is 22.6 Å². The van der Waals surface area contributed by atoms with Gasteiger partial charge in [0.2, 0.25) is 11.6 Å². The van der Waals surface area contributed by atoms with Crippen molar-refractivity contribution in [2.45, 2.75) is 20.1 Å². The molecule has 216 valence electrons. The van der Waals surface area contributed by atoms with Crippen molar-refractivity contribution in [3.63, 3.8) is 0 Å². The molecule has 0 saturated heterocycles. The highest BCUT2D eigenvalue weighted by atomic mass is 19.2. The normalized spacial score (nSPS) is 10.9.